The molecule has 18 unspecified atom stereocenters. The largest absolute Gasteiger partial charge is 0.472 e. The maximum absolute atomic E-state index is 14.3. The molecule has 0 aromatic rings. The van der Waals surface area contributed by atoms with Crippen molar-refractivity contribution in [1.29, 1.82) is 0 Å². The van der Waals surface area contributed by atoms with Crippen LogP contribution in [-0.2, 0) is 61.2 Å². The van der Waals surface area contributed by atoms with Crippen LogP contribution in [0.2, 0.25) is 0 Å². The van der Waals surface area contributed by atoms with Crippen LogP contribution in [0.1, 0.15) is 284 Å². The molecule has 3 aliphatic rings. The molecular weight excluding hydrogens is 1330 g/mol. The standard InChI is InChI=1S/C76H135O24P/c1-4-7-10-13-16-19-22-25-28-31-33-36-39-42-45-48-51-61(79)93-56-59-64(82)66(84)71(89)76(97-59)99-73-69(87)67(85)68(86)72(98-75-70(88)65(83)63(81)58(53-77)96-75)74(73)100-101(90,91)94-55-57(95-62(80)52-49-46-43-40-37-34-30-27-24-21-18-15-12-9-6-3)54-92-60(78)50-47-44-41-38-35-32-29-26-23-20-17-14-11-8-5-2/h41,43-44,46-47,49-50,52,57-59,63-77,81-89H,4-40,42,45,48,51,53-56H2,1-3H3,(H,90,91)/b44-41+,46-43+,50-47+,52-49+. The lowest BCUT2D eigenvalue weighted by Gasteiger charge is -2.49. The van der Waals surface area contributed by atoms with Crippen molar-refractivity contribution in [2.75, 3.05) is 26.4 Å². The minimum absolute atomic E-state index is 0.0241. The van der Waals surface area contributed by atoms with E-state index < -0.39 is 156 Å². The summed E-state index contributed by atoms with van der Waals surface area (Å²) < 4.78 is 64.6. The SMILES string of the molecule is CCCCCCCCCCCCC/C=C/C=C/C(=O)OCC(COP(=O)(O)OC1C(OC2OC(CO)C(O)C(O)C2O)C(O)C(O)C(O)C1OC1OC(COC(=O)CCCCCCCCCCCCCCCCCC)C(O)C(O)C1O)OC(=O)/C=C/C=C/CCCCCCCCCCCCC. The number of aliphatic hydroxyl groups is 10. The Morgan fingerprint density at radius 1 is 0.406 bits per heavy atom. The van der Waals surface area contributed by atoms with Gasteiger partial charge in [0.25, 0.3) is 0 Å². The van der Waals surface area contributed by atoms with Crippen molar-refractivity contribution in [3.05, 3.63) is 48.6 Å². The lowest BCUT2D eigenvalue weighted by molar-refractivity contribution is -0.360. The summed E-state index contributed by atoms with van der Waals surface area (Å²) in [6.45, 7) is 3.24. The Morgan fingerprint density at radius 2 is 0.762 bits per heavy atom. The Morgan fingerprint density at radius 3 is 1.17 bits per heavy atom. The van der Waals surface area contributed by atoms with Crippen LogP contribution in [0.4, 0.5) is 0 Å². The number of hydrogen-bond acceptors (Lipinski definition) is 23. The highest BCUT2D eigenvalue weighted by molar-refractivity contribution is 7.47. The van der Waals surface area contributed by atoms with E-state index in [1.165, 1.54) is 179 Å². The number of aliphatic hydroxyl groups excluding tert-OH is 10. The number of esters is 3. The molecule has 25 heteroatoms. The number of allylic oxidation sites excluding steroid dienone is 6. The van der Waals surface area contributed by atoms with Crippen molar-refractivity contribution in [3.63, 3.8) is 0 Å². The molecule has 588 valence electrons. The molecule has 2 saturated heterocycles. The van der Waals surface area contributed by atoms with E-state index in [-0.39, 0.29) is 6.42 Å². The smallest absolute Gasteiger partial charge is 0.463 e. The fourth-order valence-electron chi connectivity index (χ4n) is 12.7. The molecule has 101 heavy (non-hydrogen) atoms. The molecule has 11 N–H and O–H groups in total. The van der Waals surface area contributed by atoms with Gasteiger partial charge in [-0.05, 0) is 32.1 Å². The Hall–Kier alpha value is -3.08. The molecule has 0 aromatic carbocycles. The summed E-state index contributed by atoms with van der Waals surface area (Å²) >= 11 is 0. The van der Waals surface area contributed by atoms with Crippen LogP contribution < -0.4 is 0 Å². The Kier molecular flexibility index (Phi) is 52.1. The minimum atomic E-state index is -5.75. The van der Waals surface area contributed by atoms with Crippen LogP contribution in [0.25, 0.3) is 0 Å². The van der Waals surface area contributed by atoms with E-state index in [1.807, 2.05) is 12.2 Å². The van der Waals surface area contributed by atoms with Crippen molar-refractivity contribution >= 4 is 25.7 Å². The van der Waals surface area contributed by atoms with Crippen molar-refractivity contribution in [2.45, 2.75) is 388 Å². The first-order valence-corrected chi connectivity index (χ1v) is 40.5. The number of unbranched alkanes of at least 4 members (excludes halogenated alkanes) is 37. The highest BCUT2D eigenvalue weighted by Gasteiger charge is 2.58. The average Bonchev–Trinajstić information content (AvgIpc) is 0.760. The van der Waals surface area contributed by atoms with E-state index in [4.69, 9.17) is 42.2 Å². The Labute approximate surface area is 603 Å². The van der Waals surface area contributed by atoms with E-state index in [0.29, 0.717) is 6.42 Å². The summed E-state index contributed by atoms with van der Waals surface area (Å²) in [6.07, 6.45) is 23.0. The van der Waals surface area contributed by atoms with Crippen LogP contribution in [0.3, 0.4) is 0 Å². The number of carbonyl (C=O) groups excluding carboxylic acids is 3. The molecule has 2 heterocycles. The Bertz CT molecular complexity index is 2270. The van der Waals surface area contributed by atoms with Gasteiger partial charge in [-0.25, -0.2) is 14.2 Å². The normalized spacial score (nSPS) is 27.4. The van der Waals surface area contributed by atoms with E-state index in [1.54, 1.807) is 12.2 Å². The van der Waals surface area contributed by atoms with Gasteiger partial charge in [-0.15, -0.1) is 0 Å². The summed E-state index contributed by atoms with van der Waals surface area (Å²) in [5.41, 5.74) is 0. The molecule has 2 aliphatic heterocycles. The third-order valence-corrected chi connectivity index (χ3v) is 20.0. The van der Waals surface area contributed by atoms with Crippen LogP contribution in [-0.4, -0.2) is 204 Å². The summed E-state index contributed by atoms with van der Waals surface area (Å²) in [7, 11) is -5.75. The van der Waals surface area contributed by atoms with Gasteiger partial charge in [0.1, 0.15) is 98.7 Å². The van der Waals surface area contributed by atoms with Gasteiger partial charge in [0, 0.05) is 18.6 Å². The number of hydrogen-bond donors (Lipinski definition) is 11. The molecule has 0 bridgehead atoms. The van der Waals surface area contributed by atoms with Gasteiger partial charge in [-0.1, -0.05) is 282 Å². The molecule has 0 amide bonds. The van der Waals surface area contributed by atoms with E-state index in [2.05, 4.69) is 20.8 Å². The maximum Gasteiger partial charge on any atom is 0.472 e. The fourth-order valence-corrected chi connectivity index (χ4v) is 13.7. The third-order valence-electron chi connectivity index (χ3n) is 19.0. The highest BCUT2D eigenvalue weighted by atomic mass is 31.2. The topological polar surface area (TPSA) is 374 Å². The summed E-state index contributed by atoms with van der Waals surface area (Å²) in [6, 6.07) is 0. The first-order chi connectivity index (χ1) is 48.8. The quantitative estimate of drug-likeness (QED) is 0.00673. The fraction of sp³-hybridized carbons (Fsp3) is 0.855. The van der Waals surface area contributed by atoms with Crippen LogP contribution in [0.15, 0.2) is 48.6 Å². The summed E-state index contributed by atoms with van der Waals surface area (Å²) in [5.74, 6) is -2.50. The zero-order valence-corrected chi connectivity index (χ0v) is 62.3. The van der Waals surface area contributed by atoms with E-state index in [9.17, 15) is 74.9 Å². The van der Waals surface area contributed by atoms with Gasteiger partial charge in [-0.2, -0.15) is 0 Å². The van der Waals surface area contributed by atoms with E-state index in [0.717, 1.165) is 95.6 Å². The number of phosphoric acid groups is 1. The zero-order valence-electron chi connectivity index (χ0n) is 61.4. The molecule has 0 radical (unpaired) electrons. The molecule has 0 aromatic heterocycles. The molecule has 3 rings (SSSR count). The van der Waals surface area contributed by atoms with Gasteiger partial charge in [0.05, 0.1) is 13.2 Å². The van der Waals surface area contributed by atoms with Gasteiger partial charge >= 0.3 is 25.7 Å². The minimum Gasteiger partial charge on any atom is -0.463 e. The predicted octanol–water partition coefficient (Wildman–Crippen LogP) is 11.2. The second-order valence-corrected chi connectivity index (χ2v) is 29.3. The van der Waals surface area contributed by atoms with Crippen molar-refractivity contribution in [1.82, 2.24) is 0 Å². The maximum atomic E-state index is 14.3. The Balaban J connectivity index is 1.75. The monoisotopic (exact) mass is 1460 g/mol. The lowest BCUT2D eigenvalue weighted by atomic mass is 9.84. The van der Waals surface area contributed by atoms with Gasteiger partial charge in [0.2, 0.25) is 0 Å². The van der Waals surface area contributed by atoms with Crippen LogP contribution in [0.5, 0.6) is 0 Å². The second kappa shape index (κ2) is 57.1. The van der Waals surface area contributed by atoms with E-state index >= 15 is 0 Å². The average molecular weight is 1460 g/mol. The molecule has 1 saturated carbocycles. The molecule has 3 fully saturated rings. The molecule has 0 spiro atoms. The van der Waals surface area contributed by atoms with Gasteiger partial charge < -0.3 is 89.1 Å². The van der Waals surface area contributed by atoms with Crippen LogP contribution >= 0.6 is 7.82 Å². The van der Waals surface area contributed by atoms with Gasteiger partial charge in [0.15, 0.2) is 18.7 Å². The lowest BCUT2D eigenvalue weighted by Crippen LogP contribution is -2.69. The summed E-state index contributed by atoms with van der Waals surface area (Å²) in [4.78, 5) is 50.8. The van der Waals surface area contributed by atoms with Crippen LogP contribution in [0, 0.1) is 0 Å². The van der Waals surface area contributed by atoms with Crippen molar-refractivity contribution in [2.24, 2.45) is 0 Å². The number of ether oxygens (including phenoxy) is 7. The van der Waals surface area contributed by atoms with Crippen molar-refractivity contribution < 1.29 is 117 Å². The highest BCUT2D eigenvalue weighted by Crippen LogP contribution is 2.49. The number of carbonyl (C=O) groups is 3. The predicted molar refractivity (Wildman–Crippen MR) is 384 cm³/mol. The first-order valence-electron chi connectivity index (χ1n) is 39.0. The number of phosphoric ester groups is 1. The number of rotatable bonds is 60. The first kappa shape index (κ1) is 92.1. The second-order valence-electron chi connectivity index (χ2n) is 27.9. The molecular formula is C76H135O24P. The molecule has 18 atom stereocenters. The third kappa shape index (κ3) is 39.9. The van der Waals surface area contributed by atoms with Crippen molar-refractivity contribution in [3.8, 4) is 0 Å². The van der Waals surface area contributed by atoms with Gasteiger partial charge in [-0.3, -0.25) is 13.8 Å². The molecule has 1 aliphatic carbocycles. The molecule has 24 nitrogen and oxygen atoms in total. The zero-order chi connectivity index (χ0) is 73.9. The summed E-state index contributed by atoms with van der Waals surface area (Å²) in [5, 5.41) is 110.